The van der Waals surface area contributed by atoms with Gasteiger partial charge in [-0.05, 0) is 56.6 Å². The van der Waals surface area contributed by atoms with Crippen molar-refractivity contribution in [3.8, 4) is 0 Å². The number of nitrogens with one attached hydrogen (secondary N) is 3. The molecule has 0 saturated carbocycles. The molecular weight excluding hydrogens is 613 g/mol. The lowest BCUT2D eigenvalue weighted by Crippen LogP contribution is -2.46. The molecule has 2 rings (SSSR count). The topological polar surface area (TPSA) is 144 Å². The molecule has 0 radical (unpaired) electrons. The highest BCUT2D eigenvalue weighted by Crippen LogP contribution is 2.21. The van der Waals surface area contributed by atoms with Gasteiger partial charge in [0.1, 0.15) is 23.5 Å². The van der Waals surface area contributed by atoms with Gasteiger partial charge in [-0.3, -0.25) is 19.2 Å². The molecule has 0 spiro atoms. The highest BCUT2D eigenvalue weighted by atomic mass is 32.2. The summed E-state index contributed by atoms with van der Waals surface area (Å²) in [5.74, 6) is -0.865. The minimum absolute atomic E-state index is 0.0222. The summed E-state index contributed by atoms with van der Waals surface area (Å²) < 4.78 is 5.68. The third-order valence-electron chi connectivity index (χ3n) is 6.84. The van der Waals surface area contributed by atoms with Gasteiger partial charge in [0.25, 0.3) is 11.8 Å². The van der Waals surface area contributed by atoms with Crippen LogP contribution >= 0.6 is 23.5 Å². The van der Waals surface area contributed by atoms with Crippen LogP contribution < -0.4 is 16.0 Å². The molecule has 3 amide bonds. The number of amides is 3. The molecule has 2 atom stereocenters. The fourth-order valence-corrected chi connectivity index (χ4v) is 5.96. The number of allylic oxidation sites excluding steroid dienone is 2. The van der Waals surface area contributed by atoms with Crippen molar-refractivity contribution in [2.45, 2.75) is 115 Å². The number of aromatic nitrogens is 1. The van der Waals surface area contributed by atoms with E-state index in [1.165, 1.54) is 30.7 Å². The normalized spacial score (nSPS) is 19.2. The van der Waals surface area contributed by atoms with Crippen LogP contribution in [0.15, 0.2) is 41.0 Å². The van der Waals surface area contributed by atoms with Gasteiger partial charge in [-0.2, -0.15) is 0 Å². The van der Waals surface area contributed by atoms with Gasteiger partial charge in [0.2, 0.25) is 5.91 Å². The smallest absolute Gasteiger partial charge is 0.329 e. The van der Waals surface area contributed by atoms with E-state index < -0.39 is 29.9 Å². The Morgan fingerprint density at radius 3 is 2.51 bits per heavy atom. The molecule has 2 bridgehead atoms. The van der Waals surface area contributed by atoms with Crippen molar-refractivity contribution in [3.05, 3.63) is 47.4 Å². The van der Waals surface area contributed by atoms with Crippen molar-refractivity contribution in [3.63, 3.8) is 0 Å². The molecule has 248 valence electrons. The molecule has 0 aliphatic carbocycles. The van der Waals surface area contributed by atoms with Crippen molar-refractivity contribution in [1.29, 1.82) is 0 Å². The Labute approximate surface area is 275 Å². The molecular formula is C33H48N4O6S2. The summed E-state index contributed by atoms with van der Waals surface area (Å²) in [6.07, 6.45) is 11.7. The number of esters is 1. The van der Waals surface area contributed by atoms with Gasteiger partial charge in [0.15, 0.2) is 5.12 Å². The van der Waals surface area contributed by atoms with E-state index in [1.807, 2.05) is 6.07 Å². The van der Waals surface area contributed by atoms with Crippen LogP contribution in [0.2, 0.25) is 0 Å². The zero-order valence-corrected chi connectivity index (χ0v) is 28.6. The summed E-state index contributed by atoms with van der Waals surface area (Å²) >= 11 is 2.86. The van der Waals surface area contributed by atoms with E-state index in [1.54, 1.807) is 43.8 Å². The Kier molecular flexibility index (Phi) is 18.3. The second-order valence-electron chi connectivity index (χ2n) is 10.7. The first kappa shape index (κ1) is 38.1. The molecule has 1 aliphatic heterocycles. The summed E-state index contributed by atoms with van der Waals surface area (Å²) in [6.45, 7) is 7.61. The van der Waals surface area contributed by atoms with E-state index in [0.29, 0.717) is 24.3 Å². The Bertz CT molecular complexity index is 1220. The molecule has 1 aromatic heterocycles. The quantitative estimate of drug-likeness (QED) is 0.0763. The molecule has 1 aliphatic rings. The lowest BCUT2D eigenvalue weighted by molar-refractivity contribution is -0.151. The number of unbranched alkanes of at least 4 members (excludes halogenated alkanes) is 4. The monoisotopic (exact) mass is 660 g/mol. The molecule has 45 heavy (non-hydrogen) atoms. The minimum atomic E-state index is -1.000. The molecule has 1 aromatic rings. The summed E-state index contributed by atoms with van der Waals surface area (Å²) in [4.78, 5) is 69.6. The van der Waals surface area contributed by atoms with Gasteiger partial charge in [0.05, 0.1) is 18.7 Å². The molecule has 0 unspecified atom stereocenters. The van der Waals surface area contributed by atoms with Gasteiger partial charge < -0.3 is 20.7 Å². The van der Waals surface area contributed by atoms with Gasteiger partial charge >= 0.3 is 5.97 Å². The van der Waals surface area contributed by atoms with E-state index in [2.05, 4.69) is 34.8 Å². The largest absolute Gasteiger partial charge is 0.456 e. The van der Waals surface area contributed by atoms with Crippen LogP contribution in [-0.2, 0) is 30.5 Å². The van der Waals surface area contributed by atoms with Crippen molar-refractivity contribution in [2.75, 3.05) is 11.5 Å². The number of hydrogen-bond donors (Lipinski definition) is 3. The van der Waals surface area contributed by atoms with Crippen molar-refractivity contribution >= 4 is 52.3 Å². The lowest BCUT2D eigenvalue weighted by atomic mass is 10.1. The second-order valence-corrected chi connectivity index (χ2v) is 13.0. The Morgan fingerprint density at radius 1 is 1.02 bits per heavy atom. The number of carbonyl (C=O) groups is 5. The van der Waals surface area contributed by atoms with E-state index >= 15 is 0 Å². The number of nitrogens with zero attached hydrogens (tertiary/aromatic N) is 1. The van der Waals surface area contributed by atoms with Crippen LogP contribution in [0.25, 0.3) is 0 Å². The molecule has 0 fully saturated rings. The molecule has 12 heteroatoms. The van der Waals surface area contributed by atoms with E-state index in [0.717, 1.165) is 36.3 Å². The summed E-state index contributed by atoms with van der Waals surface area (Å²) in [5.41, 5.74) is 0.570. The summed E-state index contributed by atoms with van der Waals surface area (Å²) in [5, 5.41) is 8.21. The lowest BCUT2D eigenvalue weighted by Gasteiger charge is -2.21. The highest BCUT2D eigenvalue weighted by molar-refractivity contribution is 8.13. The van der Waals surface area contributed by atoms with E-state index in [-0.39, 0.29) is 41.8 Å². The van der Waals surface area contributed by atoms with Crippen molar-refractivity contribution in [1.82, 2.24) is 20.9 Å². The zero-order chi connectivity index (χ0) is 33.0. The number of cyclic esters (lactones) is 1. The van der Waals surface area contributed by atoms with Crippen LogP contribution in [0.3, 0.4) is 0 Å². The van der Waals surface area contributed by atoms with E-state index in [4.69, 9.17) is 4.74 Å². The maximum absolute atomic E-state index is 13.1. The standard InChI is InChI=1S/C33H48N4O6S2/c1-5-9-10-11-12-16-30(39)45-18-14-13-15-24-20-29(38)34-22-23-19-25(44-17-6-2)21-28(35-23)32(41)36-26(7-3)31(40)37-27(8-4)33(42)43-24/h7,13,15,19,21,24,27H,5-6,8-12,14,16-18,20,22H2,1-4H3,(H,34,38)(H,36,41)(H,37,40)/b15-13+,26-7-/t24-,27+/m1/s1. The first-order valence-electron chi connectivity index (χ1n) is 15.9. The fraction of sp³-hybridized carbons (Fsp3) is 0.576. The fourth-order valence-electron chi connectivity index (χ4n) is 4.34. The SMILES string of the molecule is C/C=C1\NC(=O)c2cc(SCCC)cc(n2)CNC(=O)C[C@@H](/C=C/CCSC(=O)CCCCCCC)OC(=O)[C@H](CC)NC1=O. The van der Waals surface area contributed by atoms with Crippen molar-refractivity contribution < 1.29 is 28.7 Å². The second kappa shape index (κ2) is 21.6. The molecule has 2 heterocycles. The number of thioether (sulfide) groups is 2. The molecule has 0 saturated heterocycles. The third kappa shape index (κ3) is 14.7. The van der Waals surface area contributed by atoms with Gasteiger partial charge in [-0.1, -0.05) is 70.4 Å². The highest BCUT2D eigenvalue weighted by Gasteiger charge is 2.26. The molecule has 0 aromatic carbocycles. The zero-order valence-electron chi connectivity index (χ0n) is 26.9. The van der Waals surface area contributed by atoms with Crippen LogP contribution in [0.4, 0.5) is 0 Å². The molecule has 3 N–H and O–H groups in total. The predicted octanol–water partition coefficient (Wildman–Crippen LogP) is 5.61. The van der Waals surface area contributed by atoms with Crippen LogP contribution in [0, 0.1) is 0 Å². The number of ether oxygens (including phenoxy) is 1. The van der Waals surface area contributed by atoms with Crippen molar-refractivity contribution in [2.24, 2.45) is 0 Å². The number of hydrogen-bond acceptors (Lipinski definition) is 9. The average Bonchev–Trinajstić information content (AvgIpc) is 3.02. The number of pyridine rings is 1. The third-order valence-corrected chi connectivity index (χ3v) is 8.99. The van der Waals surface area contributed by atoms with E-state index in [9.17, 15) is 24.0 Å². The number of rotatable bonds is 14. The summed E-state index contributed by atoms with van der Waals surface area (Å²) in [7, 11) is 0. The Hall–Kier alpha value is -3.12. The first-order chi connectivity index (χ1) is 21.7. The van der Waals surface area contributed by atoms with Gasteiger partial charge in [0, 0.05) is 17.1 Å². The maximum atomic E-state index is 13.1. The van der Waals surface area contributed by atoms with Crippen LogP contribution in [-0.4, -0.2) is 57.4 Å². The summed E-state index contributed by atoms with van der Waals surface area (Å²) in [6, 6.07) is 2.47. The molecule has 10 nitrogen and oxygen atoms in total. The first-order valence-corrected chi connectivity index (χ1v) is 17.9. The number of fused-ring (bicyclic) bond motifs is 2. The Morgan fingerprint density at radius 2 is 1.80 bits per heavy atom. The van der Waals surface area contributed by atoms with Gasteiger partial charge in [-0.15, -0.1) is 11.8 Å². The minimum Gasteiger partial charge on any atom is -0.456 e. The van der Waals surface area contributed by atoms with Crippen LogP contribution in [0.1, 0.15) is 108 Å². The average molecular weight is 661 g/mol. The van der Waals surface area contributed by atoms with Crippen LogP contribution in [0.5, 0.6) is 0 Å². The van der Waals surface area contributed by atoms with Gasteiger partial charge in [-0.25, -0.2) is 9.78 Å². The Balaban J connectivity index is 2.19. The predicted molar refractivity (Wildman–Crippen MR) is 180 cm³/mol. The number of carbonyl (C=O) groups excluding carboxylic acids is 5. The maximum Gasteiger partial charge on any atom is 0.329 e.